The van der Waals surface area contributed by atoms with Crippen molar-refractivity contribution < 1.29 is 9.32 Å². The summed E-state index contributed by atoms with van der Waals surface area (Å²) in [5.74, 6) is 1.32. The van der Waals surface area contributed by atoms with E-state index in [9.17, 15) is 4.79 Å². The fourth-order valence-electron chi connectivity index (χ4n) is 2.75. The van der Waals surface area contributed by atoms with Gasteiger partial charge in [-0.2, -0.15) is 0 Å². The average molecular weight is 397 g/mol. The van der Waals surface area contributed by atoms with Crippen molar-refractivity contribution in [2.45, 2.75) is 24.2 Å². The molecule has 0 spiro atoms. The van der Waals surface area contributed by atoms with Crippen molar-refractivity contribution in [2.24, 2.45) is 0 Å². The number of hydrogen-bond donors (Lipinski definition) is 0. The first kappa shape index (κ1) is 19.9. The summed E-state index contributed by atoms with van der Waals surface area (Å²) in [5.41, 5.74) is 3.64. The van der Waals surface area contributed by atoms with E-state index in [0.717, 1.165) is 22.7 Å². The van der Waals surface area contributed by atoms with Gasteiger partial charge in [-0.05, 0) is 36.8 Å². The number of nitrogens with zero attached hydrogens (tertiary/aromatic N) is 4. The van der Waals surface area contributed by atoms with Gasteiger partial charge in [0.25, 0.3) is 5.91 Å². The van der Waals surface area contributed by atoms with Gasteiger partial charge in [-0.15, -0.1) is 0 Å². The van der Waals surface area contributed by atoms with E-state index >= 15 is 0 Å². The van der Waals surface area contributed by atoms with Gasteiger partial charge in [0, 0.05) is 51.4 Å². The van der Waals surface area contributed by atoms with E-state index in [1.165, 1.54) is 11.8 Å². The zero-order valence-electron chi connectivity index (χ0n) is 16.5. The van der Waals surface area contributed by atoms with Crippen LogP contribution in [0.4, 0.5) is 5.69 Å². The highest BCUT2D eigenvalue weighted by molar-refractivity contribution is 7.98. The van der Waals surface area contributed by atoms with Gasteiger partial charge in [-0.3, -0.25) is 4.79 Å². The number of amides is 1. The third-order valence-corrected chi connectivity index (χ3v) is 5.29. The lowest BCUT2D eigenvalue weighted by Gasteiger charge is -2.19. The topological polar surface area (TPSA) is 62.5 Å². The molecule has 0 bridgehead atoms. The third-order valence-electron chi connectivity index (χ3n) is 4.25. The van der Waals surface area contributed by atoms with Crippen molar-refractivity contribution >= 4 is 23.4 Å². The van der Waals surface area contributed by atoms with Crippen LogP contribution in [0.5, 0.6) is 0 Å². The van der Waals surface area contributed by atoms with Crippen LogP contribution in [0.2, 0.25) is 0 Å². The Morgan fingerprint density at radius 2 is 1.89 bits per heavy atom. The number of anilines is 1. The molecule has 1 amide bonds. The Hall–Kier alpha value is -2.80. The highest BCUT2D eigenvalue weighted by atomic mass is 32.2. The molecule has 0 atom stereocenters. The van der Waals surface area contributed by atoms with Gasteiger partial charge in [0.15, 0.2) is 0 Å². The molecule has 0 fully saturated rings. The monoisotopic (exact) mass is 396 g/mol. The van der Waals surface area contributed by atoms with Crippen LogP contribution in [-0.2, 0) is 12.3 Å². The molecule has 0 saturated carbocycles. The molecule has 28 heavy (non-hydrogen) atoms. The molecular weight excluding hydrogens is 372 g/mol. The molecule has 3 rings (SSSR count). The van der Waals surface area contributed by atoms with E-state index in [1.54, 1.807) is 17.2 Å². The van der Waals surface area contributed by atoms with E-state index in [0.29, 0.717) is 22.9 Å². The molecule has 0 N–H and O–H groups in total. The lowest BCUT2D eigenvalue weighted by Crippen LogP contribution is -2.27. The minimum absolute atomic E-state index is 0.0522. The maximum absolute atomic E-state index is 13.0. The van der Waals surface area contributed by atoms with Crippen molar-refractivity contribution in [2.75, 3.05) is 26.0 Å². The van der Waals surface area contributed by atoms with E-state index in [1.807, 2.05) is 57.2 Å². The fourth-order valence-corrected chi connectivity index (χ4v) is 3.61. The molecule has 0 saturated heterocycles. The Bertz CT molecular complexity index is 938. The number of aromatic nitrogens is 2. The molecule has 0 unspecified atom stereocenters. The number of carbonyl (C=O) groups excluding carboxylic acids is 1. The van der Waals surface area contributed by atoms with Crippen LogP contribution in [0.15, 0.2) is 58.2 Å². The number of pyridine rings is 1. The smallest absolute Gasteiger partial charge is 0.256 e. The van der Waals surface area contributed by atoms with Crippen molar-refractivity contribution in [1.29, 1.82) is 0 Å². The van der Waals surface area contributed by atoms with Crippen LogP contribution in [-0.4, -0.2) is 42.1 Å². The summed E-state index contributed by atoms with van der Waals surface area (Å²) in [5, 5.41) is 4.69. The molecule has 0 radical (unpaired) electrons. The third kappa shape index (κ3) is 4.92. The van der Waals surface area contributed by atoms with Gasteiger partial charge in [-0.1, -0.05) is 29.1 Å². The number of aryl methyl sites for hydroxylation is 1. The van der Waals surface area contributed by atoms with Crippen LogP contribution >= 0.6 is 11.8 Å². The van der Waals surface area contributed by atoms with Gasteiger partial charge in [-0.25, -0.2) is 4.98 Å². The van der Waals surface area contributed by atoms with Gasteiger partial charge in [0.1, 0.15) is 10.8 Å². The summed E-state index contributed by atoms with van der Waals surface area (Å²) in [6, 6.07) is 13.7. The molecule has 0 aliphatic rings. The number of carbonyl (C=O) groups is 1. The molecule has 3 aromatic rings. The number of rotatable bonds is 7. The maximum Gasteiger partial charge on any atom is 0.256 e. The Morgan fingerprint density at radius 1 is 1.14 bits per heavy atom. The predicted molar refractivity (Wildman–Crippen MR) is 112 cm³/mol. The highest BCUT2D eigenvalue weighted by Gasteiger charge is 2.18. The minimum Gasteiger partial charge on any atom is -0.378 e. The number of hydrogen-bond acceptors (Lipinski definition) is 6. The standard InChI is InChI=1S/C21H24N4O2S/c1-15-12-17(23-27-15)14-28-20-19(6-5-11-22-20)21(26)25(4)13-16-7-9-18(10-8-16)24(2)3/h5-12H,13-14H2,1-4H3. The largest absolute Gasteiger partial charge is 0.378 e. The first-order valence-corrected chi connectivity index (χ1v) is 9.94. The molecule has 6 nitrogen and oxygen atoms in total. The van der Waals surface area contributed by atoms with Crippen LogP contribution < -0.4 is 4.90 Å². The second-order valence-corrected chi connectivity index (χ2v) is 7.76. The van der Waals surface area contributed by atoms with Gasteiger partial charge in [0.05, 0.1) is 11.3 Å². The van der Waals surface area contributed by atoms with Crippen molar-refractivity contribution in [3.05, 3.63) is 71.2 Å². The maximum atomic E-state index is 13.0. The van der Waals surface area contributed by atoms with Crippen LogP contribution in [0, 0.1) is 6.92 Å². The van der Waals surface area contributed by atoms with Crippen molar-refractivity contribution in [3.8, 4) is 0 Å². The molecule has 0 aliphatic heterocycles. The Kier molecular flexibility index (Phi) is 6.36. The molecule has 146 valence electrons. The molecule has 2 heterocycles. The van der Waals surface area contributed by atoms with Gasteiger partial charge < -0.3 is 14.3 Å². The molecular formula is C21H24N4O2S. The average Bonchev–Trinajstić information content (AvgIpc) is 3.11. The van der Waals surface area contributed by atoms with Crippen LogP contribution in [0.1, 0.15) is 27.4 Å². The first-order valence-electron chi connectivity index (χ1n) is 8.96. The lowest BCUT2D eigenvalue weighted by molar-refractivity contribution is 0.0781. The Morgan fingerprint density at radius 3 is 2.54 bits per heavy atom. The summed E-state index contributed by atoms with van der Waals surface area (Å²) in [6.07, 6.45) is 1.70. The normalized spacial score (nSPS) is 10.7. The SMILES string of the molecule is Cc1cc(CSc2ncccc2C(=O)N(C)Cc2ccc(N(C)C)cc2)no1. The van der Waals surface area contributed by atoms with Crippen LogP contribution in [0.25, 0.3) is 0 Å². The summed E-state index contributed by atoms with van der Waals surface area (Å²) in [4.78, 5) is 21.1. The quantitative estimate of drug-likeness (QED) is 0.563. The summed E-state index contributed by atoms with van der Waals surface area (Å²) in [7, 11) is 5.82. The number of benzene rings is 1. The second-order valence-electron chi connectivity index (χ2n) is 6.80. The summed E-state index contributed by atoms with van der Waals surface area (Å²) < 4.78 is 5.10. The predicted octanol–water partition coefficient (Wildman–Crippen LogP) is 4.01. The fraction of sp³-hybridized carbons (Fsp3) is 0.286. The molecule has 1 aromatic carbocycles. The zero-order valence-corrected chi connectivity index (χ0v) is 17.4. The van der Waals surface area contributed by atoms with Gasteiger partial charge >= 0.3 is 0 Å². The van der Waals surface area contributed by atoms with Crippen molar-refractivity contribution in [3.63, 3.8) is 0 Å². The van der Waals surface area contributed by atoms with E-state index in [4.69, 9.17) is 4.52 Å². The highest BCUT2D eigenvalue weighted by Crippen LogP contribution is 2.25. The zero-order chi connectivity index (χ0) is 20.1. The Balaban J connectivity index is 1.69. The number of thioether (sulfide) groups is 1. The molecule has 2 aromatic heterocycles. The lowest BCUT2D eigenvalue weighted by atomic mass is 10.1. The molecule has 7 heteroatoms. The van der Waals surface area contributed by atoms with Gasteiger partial charge in [0.2, 0.25) is 0 Å². The Labute approximate surface area is 169 Å². The summed E-state index contributed by atoms with van der Waals surface area (Å²) in [6.45, 7) is 2.39. The van der Waals surface area contributed by atoms with E-state index in [-0.39, 0.29) is 5.91 Å². The first-order chi connectivity index (χ1) is 13.4. The minimum atomic E-state index is -0.0522. The summed E-state index contributed by atoms with van der Waals surface area (Å²) >= 11 is 1.48. The van der Waals surface area contributed by atoms with E-state index in [2.05, 4.69) is 22.3 Å². The second kappa shape index (κ2) is 8.93. The van der Waals surface area contributed by atoms with Crippen molar-refractivity contribution in [1.82, 2.24) is 15.0 Å². The molecule has 0 aliphatic carbocycles. The van der Waals surface area contributed by atoms with Crippen LogP contribution in [0.3, 0.4) is 0 Å². The van der Waals surface area contributed by atoms with E-state index < -0.39 is 0 Å².